The van der Waals surface area contributed by atoms with Crippen LogP contribution in [0.25, 0.3) is 0 Å². The van der Waals surface area contributed by atoms with Crippen molar-refractivity contribution in [1.82, 2.24) is 10.6 Å². The van der Waals surface area contributed by atoms with Gasteiger partial charge in [0.25, 0.3) is 0 Å². The summed E-state index contributed by atoms with van der Waals surface area (Å²) in [7, 11) is 3.46. The molecule has 6 nitrogen and oxygen atoms in total. The highest BCUT2D eigenvalue weighted by molar-refractivity contribution is 5.79. The lowest BCUT2D eigenvalue weighted by molar-refractivity contribution is 0.0203. The Kier molecular flexibility index (Phi) is 9.15. The molecule has 2 rings (SSSR count). The number of nitrogens with zero attached hydrogens (tertiary/aromatic N) is 1. The molecule has 1 saturated heterocycles. The summed E-state index contributed by atoms with van der Waals surface area (Å²) >= 11 is 0. The number of guanidine groups is 1. The maximum absolute atomic E-state index is 5.77. The minimum absolute atomic E-state index is 0.667. The number of hydrogen-bond acceptors (Lipinski definition) is 4. The summed E-state index contributed by atoms with van der Waals surface area (Å²) in [4.78, 5) is 4.24. The zero-order valence-electron chi connectivity index (χ0n) is 15.4. The molecule has 0 saturated carbocycles. The lowest BCUT2D eigenvalue weighted by Gasteiger charge is -2.21. The van der Waals surface area contributed by atoms with Gasteiger partial charge >= 0.3 is 0 Å². The van der Waals surface area contributed by atoms with Crippen molar-refractivity contribution in [3.05, 3.63) is 29.8 Å². The van der Waals surface area contributed by atoms with E-state index in [-0.39, 0.29) is 0 Å². The first-order valence-electron chi connectivity index (χ1n) is 9.04. The zero-order chi connectivity index (χ0) is 17.7. The van der Waals surface area contributed by atoms with Crippen molar-refractivity contribution < 1.29 is 14.2 Å². The number of benzene rings is 1. The second-order valence-electron chi connectivity index (χ2n) is 6.18. The van der Waals surface area contributed by atoms with Crippen LogP contribution in [0.3, 0.4) is 0 Å². The average molecular weight is 349 g/mol. The van der Waals surface area contributed by atoms with E-state index < -0.39 is 0 Å². The molecule has 1 aliphatic heterocycles. The van der Waals surface area contributed by atoms with Crippen LogP contribution in [0.5, 0.6) is 5.75 Å². The lowest BCUT2D eigenvalue weighted by atomic mass is 10.0. The number of ether oxygens (including phenoxy) is 3. The van der Waals surface area contributed by atoms with E-state index in [2.05, 4.69) is 15.6 Å². The van der Waals surface area contributed by atoms with Gasteiger partial charge in [-0.05, 0) is 42.9 Å². The molecular formula is C19H31N3O3. The van der Waals surface area contributed by atoms with Gasteiger partial charge in [0.2, 0.25) is 0 Å². The molecule has 0 atom stereocenters. The van der Waals surface area contributed by atoms with E-state index in [1.807, 2.05) is 24.3 Å². The highest BCUT2D eigenvalue weighted by Crippen LogP contribution is 2.14. The average Bonchev–Trinajstić information content (AvgIpc) is 2.68. The molecule has 1 aromatic rings. The fourth-order valence-electron chi connectivity index (χ4n) is 2.69. The summed E-state index contributed by atoms with van der Waals surface area (Å²) in [6.07, 6.45) is 3.22. The molecule has 0 radical (unpaired) electrons. The molecule has 0 spiro atoms. The van der Waals surface area contributed by atoms with Gasteiger partial charge in [-0.25, -0.2) is 0 Å². The standard InChI is InChI=1S/C19H31N3O3/c1-20-19(22-14-16-4-6-18(23-2)7-5-16)21-10-3-11-25-15-17-8-12-24-13-9-17/h4-7,17H,3,8-15H2,1-2H3,(H2,20,21,22). The third-order valence-corrected chi connectivity index (χ3v) is 4.29. The van der Waals surface area contributed by atoms with Gasteiger partial charge in [-0.15, -0.1) is 0 Å². The number of rotatable bonds is 9. The molecule has 1 aromatic carbocycles. The summed E-state index contributed by atoms with van der Waals surface area (Å²) in [5, 5.41) is 6.62. The quantitative estimate of drug-likeness (QED) is 0.406. The van der Waals surface area contributed by atoms with Gasteiger partial charge in [0.05, 0.1) is 7.11 Å². The molecular weight excluding hydrogens is 318 g/mol. The maximum atomic E-state index is 5.77. The maximum Gasteiger partial charge on any atom is 0.191 e. The van der Waals surface area contributed by atoms with Crippen molar-refractivity contribution in [2.45, 2.75) is 25.8 Å². The zero-order valence-corrected chi connectivity index (χ0v) is 15.4. The van der Waals surface area contributed by atoms with Gasteiger partial charge in [0, 0.05) is 46.6 Å². The van der Waals surface area contributed by atoms with Gasteiger partial charge in [0.15, 0.2) is 5.96 Å². The molecule has 0 unspecified atom stereocenters. The molecule has 1 fully saturated rings. The Labute approximate surface area is 151 Å². The van der Waals surface area contributed by atoms with Crippen LogP contribution in [0.4, 0.5) is 0 Å². The van der Waals surface area contributed by atoms with Crippen LogP contribution in [-0.4, -0.2) is 53.1 Å². The second kappa shape index (κ2) is 11.7. The normalized spacial score (nSPS) is 15.8. The summed E-state index contributed by atoms with van der Waals surface area (Å²) in [6, 6.07) is 8.01. The number of nitrogens with one attached hydrogen (secondary N) is 2. The molecule has 1 aliphatic rings. The largest absolute Gasteiger partial charge is 0.497 e. The molecule has 0 aromatic heterocycles. The van der Waals surface area contributed by atoms with E-state index >= 15 is 0 Å². The molecule has 2 N–H and O–H groups in total. The van der Waals surface area contributed by atoms with Gasteiger partial charge in [0.1, 0.15) is 5.75 Å². The van der Waals surface area contributed by atoms with Gasteiger partial charge in [-0.1, -0.05) is 12.1 Å². The molecule has 0 aliphatic carbocycles. The van der Waals surface area contributed by atoms with E-state index in [0.717, 1.165) is 70.5 Å². The predicted molar refractivity (Wildman–Crippen MR) is 100 cm³/mol. The van der Waals surface area contributed by atoms with Crippen LogP contribution in [0.15, 0.2) is 29.3 Å². The SMILES string of the molecule is CN=C(NCCCOCC1CCOCC1)NCc1ccc(OC)cc1. The third-order valence-electron chi connectivity index (χ3n) is 4.29. The lowest BCUT2D eigenvalue weighted by Crippen LogP contribution is -2.37. The molecule has 6 heteroatoms. The van der Waals surface area contributed by atoms with Crippen LogP contribution in [-0.2, 0) is 16.0 Å². The summed E-state index contributed by atoms with van der Waals surface area (Å²) in [5.74, 6) is 2.34. The fraction of sp³-hybridized carbons (Fsp3) is 0.632. The van der Waals surface area contributed by atoms with Crippen molar-refractivity contribution >= 4 is 5.96 Å². The Hall–Kier alpha value is -1.79. The minimum atomic E-state index is 0.667. The van der Waals surface area contributed by atoms with Gasteiger partial charge < -0.3 is 24.8 Å². The Morgan fingerprint density at radius 3 is 2.64 bits per heavy atom. The fourth-order valence-corrected chi connectivity index (χ4v) is 2.69. The number of methoxy groups -OCH3 is 1. The number of aliphatic imine (C=N–C) groups is 1. The first-order valence-corrected chi connectivity index (χ1v) is 9.04. The van der Waals surface area contributed by atoms with E-state index in [9.17, 15) is 0 Å². The van der Waals surface area contributed by atoms with Crippen molar-refractivity contribution in [1.29, 1.82) is 0 Å². The summed E-state index contributed by atoms with van der Waals surface area (Å²) in [6.45, 7) is 4.96. The first kappa shape index (κ1) is 19.5. The van der Waals surface area contributed by atoms with Crippen LogP contribution in [0, 0.1) is 5.92 Å². The monoisotopic (exact) mass is 349 g/mol. The Bertz CT molecular complexity index is 499. The van der Waals surface area contributed by atoms with Crippen LogP contribution in [0.2, 0.25) is 0 Å². The van der Waals surface area contributed by atoms with Crippen LogP contribution in [0.1, 0.15) is 24.8 Å². The van der Waals surface area contributed by atoms with Crippen molar-refractivity contribution in [3.8, 4) is 5.75 Å². The highest BCUT2D eigenvalue weighted by atomic mass is 16.5. The first-order chi connectivity index (χ1) is 12.3. The van der Waals surface area contributed by atoms with Crippen molar-refractivity contribution in [2.24, 2.45) is 10.9 Å². The molecule has 0 amide bonds. The Morgan fingerprint density at radius 2 is 1.96 bits per heavy atom. The summed E-state index contributed by atoms with van der Waals surface area (Å²) in [5.41, 5.74) is 1.18. The van der Waals surface area contributed by atoms with Crippen molar-refractivity contribution in [3.63, 3.8) is 0 Å². The highest BCUT2D eigenvalue weighted by Gasteiger charge is 2.13. The Balaban J connectivity index is 1.53. The molecule has 140 valence electrons. The van der Waals surface area contributed by atoms with E-state index in [1.54, 1.807) is 14.2 Å². The van der Waals surface area contributed by atoms with Crippen molar-refractivity contribution in [2.75, 3.05) is 47.1 Å². The Morgan fingerprint density at radius 1 is 1.20 bits per heavy atom. The smallest absolute Gasteiger partial charge is 0.191 e. The summed E-state index contributed by atoms with van der Waals surface area (Å²) < 4.78 is 16.3. The number of hydrogen-bond donors (Lipinski definition) is 2. The van der Waals surface area contributed by atoms with E-state index in [4.69, 9.17) is 14.2 Å². The molecule has 25 heavy (non-hydrogen) atoms. The van der Waals surface area contributed by atoms with E-state index in [1.165, 1.54) is 5.56 Å². The molecule has 1 heterocycles. The minimum Gasteiger partial charge on any atom is -0.497 e. The molecule has 0 bridgehead atoms. The van der Waals surface area contributed by atoms with Crippen LogP contribution < -0.4 is 15.4 Å². The van der Waals surface area contributed by atoms with Gasteiger partial charge in [-0.2, -0.15) is 0 Å². The van der Waals surface area contributed by atoms with Gasteiger partial charge in [-0.3, -0.25) is 4.99 Å². The van der Waals surface area contributed by atoms with Crippen LogP contribution >= 0.6 is 0 Å². The predicted octanol–water partition coefficient (Wildman–Crippen LogP) is 2.19. The van der Waals surface area contributed by atoms with E-state index in [0.29, 0.717) is 5.92 Å². The second-order valence-corrected chi connectivity index (χ2v) is 6.18. The topological polar surface area (TPSA) is 64.1 Å². The third kappa shape index (κ3) is 7.75.